The van der Waals surface area contributed by atoms with E-state index in [9.17, 15) is 9.59 Å². The summed E-state index contributed by atoms with van der Waals surface area (Å²) < 4.78 is 1.79. The summed E-state index contributed by atoms with van der Waals surface area (Å²) in [7, 11) is 0. The number of likely N-dealkylation sites (tertiary alicyclic amines) is 2. The van der Waals surface area contributed by atoms with Crippen molar-refractivity contribution >= 4 is 11.7 Å². The third kappa shape index (κ3) is 4.20. The molecule has 2 aliphatic heterocycles. The molecule has 2 aromatic rings. The van der Waals surface area contributed by atoms with Crippen molar-refractivity contribution in [3.8, 4) is 0 Å². The number of hydrogen-bond donors (Lipinski definition) is 0. The zero-order valence-electron chi connectivity index (χ0n) is 16.4. The Hall–Kier alpha value is -2.40. The molecule has 148 valence electrons. The average molecular weight is 380 g/mol. The fraction of sp³-hybridized carbons (Fsp3) is 0.478. The van der Waals surface area contributed by atoms with Crippen molar-refractivity contribution in [3.05, 3.63) is 59.9 Å². The van der Waals surface area contributed by atoms with Crippen molar-refractivity contribution in [2.24, 2.45) is 0 Å². The van der Waals surface area contributed by atoms with Gasteiger partial charge in [0.05, 0.1) is 5.69 Å². The molecule has 3 heterocycles. The highest BCUT2D eigenvalue weighted by Crippen LogP contribution is 2.21. The van der Waals surface area contributed by atoms with Gasteiger partial charge in [0, 0.05) is 30.9 Å². The van der Waals surface area contributed by atoms with Crippen molar-refractivity contribution in [1.29, 1.82) is 0 Å². The number of hydrogen-bond acceptors (Lipinski definition) is 3. The zero-order chi connectivity index (χ0) is 19.3. The minimum absolute atomic E-state index is 0.0396. The van der Waals surface area contributed by atoms with Crippen LogP contribution >= 0.6 is 0 Å². The lowest BCUT2D eigenvalue weighted by atomic mass is 10.00. The predicted octanol–water partition coefficient (Wildman–Crippen LogP) is 3.20. The smallest absolute Gasteiger partial charge is 0.242 e. The van der Waals surface area contributed by atoms with E-state index < -0.39 is 0 Å². The van der Waals surface area contributed by atoms with Gasteiger partial charge in [0.2, 0.25) is 11.7 Å². The zero-order valence-corrected chi connectivity index (χ0v) is 16.4. The molecule has 0 radical (unpaired) electrons. The summed E-state index contributed by atoms with van der Waals surface area (Å²) in [4.78, 5) is 30.2. The van der Waals surface area contributed by atoms with Crippen molar-refractivity contribution in [1.82, 2.24) is 14.4 Å². The van der Waals surface area contributed by atoms with Crippen molar-refractivity contribution in [3.63, 3.8) is 0 Å². The number of benzene rings is 1. The maximum atomic E-state index is 12.8. The Morgan fingerprint density at radius 1 is 0.857 bits per heavy atom. The number of amides is 1. The largest absolute Gasteiger partial charge is 0.341 e. The second kappa shape index (κ2) is 8.74. The average Bonchev–Trinajstić information content (AvgIpc) is 3.22. The summed E-state index contributed by atoms with van der Waals surface area (Å²) in [5.74, 6) is 0.0672. The summed E-state index contributed by atoms with van der Waals surface area (Å²) in [5.41, 5.74) is 1.22. The Morgan fingerprint density at radius 2 is 1.57 bits per heavy atom. The third-order valence-corrected chi connectivity index (χ3v) is 6.13. The molecule has 5 nitrogen and oxygen atoms in total. The van der Waals surface area contributed by atoms with Crippen LogP contribution in [0, 0.1) is 0 Å². The van der Waals surface area contributed by atoms with Gasteiger partial charge in [-0.15, -0.1) is 0 Å². The monoisotopic (exact) mass is 379 g/mol. The topological polar surface area (TPSA) is 45.6 Å². The molecule has 5 heteroatoms. The van der Waals surface area contributed by atoms with E-state index in [1.807, 2.05) is 47.5 Å². The normalized spacial score (nSPS) is 18.9. The second-order valence-corrected chi connectivity index (χ2v) is 7.93. The van der Waals surface area contributed by atoms with E-state index in [-0.39, 0.29) is 18.2 Å². The quantitative estimate of drug-likeness (QED) is 0.750. The minimum Gasteiger partial charge on any atom is -0.341 e. The van der Waals surface area contributed by atoms with Gasteiger partial charge in [0.25, 0.3) is 0 Å². The molecule has 0 unspecified atom stereocenters. The number of piperidine rings is 2. The number of rotatable bonds is 5. The van der Waals surface area contributed by atoms with E-state index in [4.69, 9.17) is 0 Å². The van der Waals surface area contributed by atoms with Crippen molar-refractivity contribution in [2.75, 3.05) is 26.2 Å². The molecule has 2 fully saturated rings. The summed E-state index contributed by atoms with van der Waals surface area (Å²) in [6.45, 7) is 4.31. The highest BCUT2D eigenvalue weighted by molar-refractivity contribution is 6.08. The number of nitrogens with zero attached hydrogens (tertiary/aromatic N) is 3. The van der Waals surface area contributed by atoms with Crippen LogP contribution in [0.25, 0.3) is 0 Å². The van der Waals surface area contributed by atoms with Crippen LogP contribution in [0.5, 0.6) is 0 Å². The van der Waals surface area contributed by atoms with Gasteiger partial charge in [-0.05, 0) is 50.9 Å². The van der Waals surface area contributed by atoms with Crippen LogP contribution in [0.1, 0.15) is 48.2 Å². The number of ketones is 1. The van der Waals surface area contributed by atoms with Gasteiger partial charge in [-0.3, -0.25) is 9.59 Å². The lowest BCUT2D eigenvalue weighted by Gasteiger charge is -2.40. The van der Waals surface area contributed by atoms with E-state index in [2.05, 4.69) is 4.90 Å². The summed E-state index contributed by atoms with van der Waals surface area (Å²) in [5, 5.41) is 0. The van der Waals surface area contributed by atoms with Gasteiger partial charge in [0.15, 0.2) is 0 Å². The Bertz CT molecular complexity index is 800. The SMILES string of the molecule is O=C(c1ccccc1)c1cccn1CC(=O)N1CCC(N2CCCCC2)CC1. The Kier molecular flexibility index (Phi) is 5.91. The van der Waals surface area contributed by atoms with Crippen LogP contribution in [-0.2, 0) is 11.3 Å². The fourth-order valence-electron chi connectivity index (χ4n) is 4.51. The van der Waals surface area contributed by atoms with Gasteiger partial charge in [-0.2, -0.15) is 0 Å². The molecule has 0 atom stereocenters. The molecule has 1 amide bonds. The summed E-state index contributed by atoms with van der Waals surface area (Å²) >= 11 is 0. The Balaban J connectivity index is 1.35. The summed E-state index contributed by atoms with van der Waals surface area (Å²) in [6.07, 6.45) is 7.93. The number of aromatic nitrogens is 1. The minimum atomic E-state index is -0.0396. The maximum absolute atomic E-state index is 12.8. The lowest BCUT2D eigenvalue weighted by Crippen LogP contribution is -2.48. The van der Waals surface area contributed by atoms with Crippen LogP contribution in [0.2, 0.25) is 0 Å². The van der Waals surface area contributed by atoms with Crippen molar-refractivity contribution in [2.45, 2.75) is 44.7 Å². The highest BCUT2D eigenvalue weighted by Gasteiger charge is 2.28. The molecule has 2 saturated heterocycles. The molecule has 28 heavy (non-hydrogen) atoms. The van der Waals surface area contributed by atoms with Crippen LogP contribution in [0.4, 0.5) is 0 Å². The Morgan fingerprint density at radius 3 is 2.29 bits per heavy atom. The predicted molar refractivity (Wildman–Crippen MR) is 109 cm³/mol. The molecule has 0 aliphatic carbocycles. The summed E-state index contributed by atoms with van der Waals surface area (Å²) in [6, 6.07) is 13.5. The molecule has 1 aromatic carbocycles. The van der Waals surface area contributed by atoms with Gasteiger partial charge in [0.1, 0.15) is 6.54 Å². The van der Waals surface area contributed by atoms with E-state index in [0.29, 0.717) is 17.3 Å². The second-order valence-electron chi connectivity index (χ2n) is 7.93. The molecule has 1 aromatic heterocycles. The molecule has 0 saturated carbocycles. The van der Waals surface area contributed by atoms with Crippen LogP contribution < -0.4 is 0 Å². The van der Waals surface area contributed by atoms with E-state index in [0.717, 1.165) is 25.9 Å². The first kappa shape index (κ1) is 18.9. The molecule has 2 aliphatic rings. The van der Waals surface area contributed by atoms with Crippen LogP contribution in [0.3, 0.4) is 0 Å². The molecular weight excluding hydrogens is 350 g/mol. The van der Waals surface area contributed by atoms with Crippen LogP contribution in [-0.4, -0.2) is 58.3 Å². The van der Waals surface area contributed by atoms with Gasteiger partial charge >= 0.3 is 0 Å². The first-order valence-corrected chi connectivity index (χ1v) is 10.5. The van der Waals surface area contributed by atoms with E-state index >= 15 is 0 Å². The number of carbonyl (C=O) groups is 2. The molecule has 0 bridgehead atoms. The molecule has 0 spiro atoms. The molecule has 4 rings (SSSR count). The number of carbonyl (C=O) groups excluding carboxylic acids is 2. The first-order chi connectivity index (χ1) is 13.7. The third-order valence-electron chi connectivity index (χ3n) is 6.13. The fourth-order valence-corrected chi connectivity index (χ4v) is 4.51. The Labute approximate surface area is 166 Å². The maximum Gasteiger partial charge on any atom is 0.242 e. The molecular formula is C23H29N3O2. The van der Waals surface area contributed by atoms with Crippen molar-refractivity contribution < 1.29 is 9.59 Å². The standard InChI is InChI=1S/C23H29N3O2/c27-22(25-16-11-20(12-17-25)24-13-5-2-6-14-24)18-26-15-7-10-21(26)23(28)19-8-3-1-4-9-19/h1,3-4,7-10,15,20H,2,5-6,11-14,16-18H2. The molecule has 0 N–H and O–H groups in total. The van der Waals surface area contributed by atoms with E-state index in [1.54, 1.807) is 10.6 Å². The highest BCUT2D eigenvalue weighted by atomic mass is 16.2. The van der Waals surface area contributed by atoms with E-state index in [1.165, 1.54) is 32.4 Å². The van der Waals surface area contributed by atoms with Gasteiger partial charge in [-0.1, -0.05) is 36.8 Å². The lowest BCUT2D eigenvalue weighted by molar-refractivity contribution is -0.133. The first-order valence-electron chi connectivity index (χ1n) is 10.5. The van der Waals surface area contributed by atoms with Crippen LogP contribution in [0.15, 0.2) is 48.7 Å². The van der Waals surface area contributed by atoms with Gasteiger partial charge < -0.3 is 14.4 Å². The van der Waals surface area contributed by atoms with Gasteiger partial charge in [-0.25, -0.2) is 0 Å².